The average Bonchev–Trinajstić information content (AvgIpc) is 3.17. The van der Waals surface area contributed by atoms with E-state index in [0.717, 1.165) is 0 Å². The number of thiocarbonyl (C=S) groups is 1. The fourth-order valence-electron chi connectivity index (χ4n) is 2.54. The van der Waals surface area contributed by atoms with Gasteiger partial charge in [0.2, 0.25) is 5.91 Å². The molecule has 0 aliphatic rings. The van der Waals surface area contributed by atoms with E-state index in [1.807, 2.05) is 0 Å². The molecule has 3 aromatic rings. The van der Waals surface area contributed by atoms with E-state index in [9.17, 15) is 9.59 Å². The number of carbonyl (C=O) groups is 2. The number of halogens is 2. The summed E-state index contributed by atoms with van der Waals surface area (Å²) in [5.41, 5.74) is 1.91. The summed E-state index contributed by atoms with van der Waals surface area (Å²) in [6.45, 7) is 1.49. The van der Waals surface area contributed by atoms with Crippen LogP contribution >= 0.6 is 35.4 Å². The highest BCUT2D eigenvalue weighted by atomic mass is 35.5. The van der Waals surface area contributed by atoms with Crippen molar-refractivity contribution in [1.29, 1.82) is 0 Å². The van der Waals surface area contributed by atoms with Crippen LogP contribution in [0.5, 0.6) is 0 Å². The summed E-state index contributed by atoms with van der Waals surface area (Å²) in [6.07, 6.45) is 2.82. The minimum absolute atomic E-state index is 0.0266. The first-order valence-corrected chi connectivity index (χ1v) is 9.95. The van der Waals surface area contributed by atoms with Crippen LogP contribution in [0, 0.1) is 0 Å². The van der Waals surface area contributed by atoms with Crippen LogP contribution in [0.2, 0.25) is 10.0 Å². The lowest BCUT2D eigenvalue weighted by Gasteiger charge is -2.08. The van der Waals surface area contributed by atoms with Gasteiger partial charge in [0.25, 0.3) is 0 Å². The molecule has 0 unspecified atom stereocenters. The number of benzene rings is 2. The fourth-order valence-corrected chi connectivity index (χ4v) is 3.16. The van der Waals surface area contributed by atoms with Crippen molar-refractivity contribution in [3.63, 3.8) is 0 Å². The molecule has 3 rings (SSSR count). The highest BCUT2D eigenvalue weighted by molar-refractivity contribution is 7.80. The Morgan fingerprint density at radius 2 is 1.77 bits per heavy atom. The number of hydrogen-bond donors (Lipinski definition) is 2. The Kier molecular flexibility index (Phi) is 7.05. The zero-order valence-corrected chi connectivity index (χ0v) is 18.1. The summed E-state index contributed by atoms with van der Waals surface area (Å²) >= 11 is 17.4. The van der Waals surface area contributed by atoms with Gasteiger partial charge in [-0.15, -0.1) is 0 Å². The van der Waals surface area contributed by atoms with Gasteiger partial charge in [0.1, 0.15) is 11.5 Å². The predicted octanol–water partition coefficient (Wildman–Crippen LogP) is 5.98. The van der Waals surface area contributed by atoms with E-state index in [-0.39, 0.29) is 10.9 Å². The van der Waals surface area contributed by atoms with Crippen molar-refractivity contribution >= 4 is 64.0 Å². The van der Waals surface area contributed by atoms with E-state index in [0.29, 0.717) is 38.4 Å². The second-order valence-electron chi connectivity index (χ2n) is 6.21. The summed E-state index contributed by atoms with van der Waals surface area (Å²) in [6, 6.07) is 15.5. The molecule has 0 fully saturated rings. The molecule has 0 radical (unpaired) electrons. The minimum Gasteiger partial charge on any atom is -0.457 e. The van der Waals surface area contributed by atoms with Crippen molar-refractivity contribution in [1.82, 2.24) is 5.32 Å². The van der Waals surface area contributed by atoms with Gasteiger partial charge in [-0.2, -0.15) is 0 Å². The van der Waals surface area contributed by atoms with E-state index in [2.05, 4.69) is 10.6 Å². The van der Waals surface area contributed by atoms with Crippen molar-refractivity contribution in [2.45, 2.75) is 6.92 Å². The second kappa shape index (κ2) is 9.71. The molecule has 1 aromatic heterocycles. The molecule has 0 atom stereocenters. The quantitative estimate of drug-likeness (QED) is 0.279. The van der Waals surface area contributed by atoms with Gasteiger partial charge in [0.15, 0.2) is 10.9 Å². The molecule has 2 aromatic carbocycles. The maximum atomic E-state index is 12.1. The van der Waals surface area contributed by atoms with E-state index in [1.165, 1.54) is 19.1 Å². The lowest BCUT2D eigenvalue weighted by Crippen LogP contribution is -2.32. The van der Waals surface area contributed by atoms with Crippen LogP contribution in [-0.4, -0.2) is 16.8 Å². The van der Waals surface area contributed by atoms with Crippen LogP contribution in [0.3, 0.4) is 0 Å². The Balaban J connectivity index is 1.58. The minimum atomic E-state index is -0.424. The van der Waals surface area contributed by atoms with Crippen LogP contribution in [-0.2, 0) is 4.79 Å². The zero-order chi connectivity index (χ0) is 21.7. The standard InChI is InChI=1S/C22H16Cl2N2O3S/c1-13(27)14-5-7-15(8-6-14)25-22(30)26-20(28)12-10-16-9-11-19(29-16)17-3-2-4-18(23)21(17)24/h2-12H,1H3,(H2,25,26,28,30). The van der Waals surface area contributed by atoms with E-state index in [4.69, 9.17) is 39.8 Å². The molecule has 8 heteroatoms. The molecule has 0 aliphatic carbocycles. The Hall–Kier alpha value is -2.93. The molecular formula is C22H16Cl2N2O3S. The van der Waals surface area contributed by atoms with Crippen LogP contribution in [0.1, 0.15) is 23.0 Å². The molecule has 0 aliphatic heterocycles. The second-order valence-corrected chi connectivity index (χ2v) is 7.41. The van der Waals surface area contributed by atoms with Gasteiger partial charge >= 0.3 is 0 Å². The average molecular weight is 459 g/mol. The monoisotopic (exact) mass is 458 g/mol. The Morgan fingerprint density at radius 3 is 2.47 bits per heavy atom. The van der Waals surface area contributed by atoms with Gasteiger partial charge in [-0.3, -0.25) is 14.9 Å². The van der Waals surface area contributed by atoms with Gasteiger partial charge in [-0.05, 0) is 73.7 Å². The molecule has 1 amide bonds. The Bertz CT molecular complexity index is 1140. The first kappa shape index (κ1) is 21.8. The molecule has 0 saturated heterocycles. The van der Waals surface area contributed by atoms with Crippen molar-refractivity contribution < 1.29 is 14.0 Å². The topological polar surface area (TPSA) is 71.3 Å². The van der Waals surface area contributed by atoms with Crippen LogP contribution in [0.4, 0.5) is 5.69 Å². The molecule has 1 heterocycles. The summed E-state index contributed by atoms with van der Waals surface area (Å²) in [7, 11) is 0. The van der Waals surface area contributed by atoms with E-state index in [1.54, 1.807) is 54.6 Å². The predicted molar refractivity (Wildman–Crippen MR) is 124 cm³/mol. The number of ketones is 1. The van der Waals surface area contributed by atoms with Crippen LogP contribution < -0.4 is 10.6 Å². The zero-order valence-electron chi connectivity index (χ0n) is 15.7. The molecule has 0 bridgehead atoms. The number of rotatable bonds is 5. The Labute approximate surface area is 188 Å². The third-order valence-electron chi connectivity index (χ3n) is 4.03. The third-order valence-corrected chi connectivity index (χ3v) is 5.05. The van der Waals surface area contributed by atoms with Crippen molar-refractivity contribution in [3.05, 3.63) is 82.0 Å². The van der Waals surface area contributed by atoms with Gasteiger partial charge in [0.05, 0.1) is 10.0 Å². The molecule has 5 nitrogen and oxygen atoms in total. The molecular weight excluding hydrogens is 443 g/mol. The smallest absolute Gasteiger partial charge is 0.250 e. The lowest BCUT2D eigenvalue weighted by atomic mass is 10.1. The summed E-state index contributed by atoms with van der Waals surface area (Å²) in [5.74, 6) is 0.552. The largest absolute Gasteiger partial charge is 0.457 e. The van der Waals surface area contributed by atoms with Gasteiger partial charge in [-0.25, -0.2) is 0 Å². The number of nitrogens with one attached hydrogen (secondary N) is 2. The van der Waals surface area contributed by atoms with Crippen molar-refractivity contribution in [2.75, 3.05) is 5.32 Å². The maximum absolute atomic E-state index is 12.1. The summed E-state index contributed by atoms with van der Waals surface area (Å²) < 4.78 is 5.70. The summed E-state index contributed by atoms with van der Waals surface area (Å²) in [4.78, 5) is 23.4. The van der Waals surface area contributed by atoms with Gasteiger partial charge in [0, 0.05) is 22.9 Å². The van der Waals surface area contributed by atoms with Crippen LogP contribution in [0.15, 0.2) is 65.1 Å². The van der Waals surface area contributed by atoms with Gasteiger partial charge < -0.3 is 9.73 Å². The van der Waals surface area contributed by atoms with Crippen molar-refractivity contribution in [3.8, 4) is 11.3 Å². The molecule has 0 saturated carbocycles. The third kappa shape index (κ3) is 5.57. The summed E-state index contributed by atoms with van der Waals surface area (Å²) in [5, 5.41) is 6.37. The lowest BCUT2D eigenvalue weighted by molar-refractivity contribution is -0.115. The Morgan fingerprint density at radius 1 is 1.03 bits per heavy atom. The number of hydrogen-bond acceptors (Lipinski definition) is 4. The van der Waals surface area contributed by atoms with E-state index >= 15 is 0 Å². The molecule has 0 spiro atoms. The number of furan rings is 1. The highest BCUT2D eigenvalue weighted by Gasteiger charge is 2.10. The number of amides is 1. The highest BCUT2D eigenvalue weighted by Crippen LogP contribution is 2.34. The number of anilines is 1. The normalized spacial score (nSPS) is 10.8. The van der Waals surface area contributed by atoms with Gasteiger partial charge in [-0.1, -0.05) is 29.3 Å². The molecule has 30 heavy (non-hydrogen) atoms. The maximum Gasteiger partial charge on any atom is 0.250 e. The molecule has 2 N–H and O–H groups in total. The molecule has 152 valence electrons. The van der Waals surface area contributed by atoms with E-state index < -0.39 is 5.91 Å². The first-order chi connectivity index (χ1) is 14.3. The first-order valence-electron chi connectivity index (χ1n) is 8.79. The van der Waals surface area contributed by atoms with Crippen LogP contribution in [0.25, 0.3) is 17.4 Å². The number of Topliss-reactive ketones (excluding diaryl/α,β-unsaturated/α-hetero) is 1. The number of carbonyl (C=O) groups excluding carboxylic acids is 2. The fraction of sp³-hybridized carbons (Fsp3) is 0.0455. The SMILES string of the molecule is CC(=O)c1ccc(NC(=S)NC(=O)C=Cc2ccc(-c3cccc(Cl)c3Cl)o2)cc1. The van der Waals surface area contributed by atoms with Crippen molar-refractivity contribution in [2.24, 2.45) is 0 Å².